The van der Waals surface area contributed by atoms with Crippen LogP contribution in [0, 0.1) is 11.8 Å². The van der Waals surface area contributed by atoms with Crippen molar-refractivity contribution >= 4 is 18.4 Å². The number of rotatable bonds is 8. The summed E-state index contributed by atoms with van der Waals surface area (Å²) in [6.45, 7) is 3.83. The van der Waals surface area contributed by atoms with Crippen LogP contribution in [0.4, 0.5) is 0 Å². The molecule has 0 N–H and O–H groups in total. The molecule has 5 atom stereocenters. The fourth-order valence-electron chi connectivity index (χ4n) is 7.76. The first kappa shape index (κ1) is 26.0. The monoisotopic (exact) mass is 515 g/mol. The van der Waals surface area contributed by atoms with Crippen molar-refractivity contribution in [3.05, 3.63) is 107 Å². The molecular weight excluding hydrogens is 478 g/mol. The molecule has 0 aromatic heterocycles. The van der Waals surface area contributed by atoms with Crippen LogP contribution in [0.15, 0.2) is 84.9 Å². The highest BCUT2D eigenvalue weighted by molar-refractivity contribution is 5.85. The van der Waals surface area contributed by atoms with Gasteiger partial charge in [0.1, 0.15) is 0 Å². The fourth-order valence-corrected chi connectivity index (χ4v) is 7.76. The third-order valence-electron chi connectivity index (χ3n) is 9.47. The SMILES string of the molecule is CC[C@]12CC3C(C(=O)OCCc4ccccc4)CC1C(Cc1ccccc12)N3CCc1ccccc1.Cl. The molecule has 0 radical (unpaired) electrons. The number of halogens is 1. The Morgan fingerprint density at radius 3 is 2.24 bits per heavy atom. The van der Waals surface area contributed by atoms with Crippen molar-refractivity contribution in [2.45, 2.75) is 62.9 Å². The van der Waals surface area contributed by atoms with E-state index in [-0.39, 0.29) is 35.8 Å². The molecule has 3 aromatic rings. The highest BCUT2D eigenvalue weighted by Gasteiger charge is 2.62. The van der Waals surface area contributed by atoms with Gasteiger partial charge < -0.3 is 4.74 Å². The summed E-state index contributed by atoms with van der Waals surface area (Å²) in [6, 6.07) is 31.0. The van der Waals surface area contributed by atoms with Gasteiger partial charge in [0, 0.05) is 30.5 Å². The number of piperidine rings is 2. The van der Waals surface area contributed by atoms with Crippen molar-refractivity contribution in [2.75, 3.05) is 13.2 Å². The van der Waals surface area contributed by atoms with Gasteiger partial charge >= 0.3 is 5.97 Å². The summed E-state index contributed by atoms with van der Waals surface area (Å²) in [5.74, 6) is 0.496. The van der Waals surface area contributed by atoms with E-state index in [1.165, 1.54) is 16.7 Å². The van der Waals surface area contributed by atoms with Gasteiger partial charge in [-0.15, -0.1) is 12.4 Å². The molecule has 2 aliphatic heterocycles. The van der Waals surface area contributed by atoms with E-state index >= 15 is 0 Å². The van der Waals surface area contributed by atoms with Gasteiger partial charge in [0.2, 0.25) is 0 Å². The minimum Gasteiger partial charge on any atom is -0.465 e. The number of ether oxygens (including phenoxy) is 1. The topological polar surface area (TPSA) is 29.5 Å². The van der Waals surface area contributed by atoms with Crippen LogP contribution < -0.4 is 0 Å². The average molecular weight is 516 g/mol. The summed E-state index contributed by atoms with van der Waals surface area (Å²) in [6.07, 6.45) is 6.07. The predicted molar refractivity (Wildman–Crippen MR) is 151 cm³/mol. The van der Waals surface area contributed by atoms with Gasteiger partial charge in [-0.3, -0.25) is 9.69 Å². The molecule has 4 bridgehead atoms. The van der Waals surface area contributed by atoms with E-state index in [0.29, 0.717) is 18.6 Å². The molecule has 3 nitrogen and oxygen atoms in total. The maximum atomic E-state index is 13.5. The van der Waals surface area contributed by atoms with Crippen LogP contribution >= 0.6 is 12.4 Å². The highest BCUT2D eigenvalue weighted by atomic mass is 35.5. The van der Waals surface area contributed by atoms with Gasteiger partial charge in [0.25, 0.3) is 0 Å². The summed E-state index contributed by atoms with van der Waals surface area (Å²) >= 11 is 0. The lowest BCUT2D eigenvalue weighted by Crippen LogP contribution is -2.70. The van der Waals surface area contributed by atoms with Crippen LogP contribution in [0.2, 0.25) is 0 Å². The number of benzene rings is 3. The summed E-state index contributed by atoms with van der Waals surface area (Å²) in [5, 5.41) is 0. The lowest BCUT2D eigenvalue weighted by molar-refractivity contribution is -0.167. The van der Waals surface area contributed by atoms with E-state index in [2.05, 4.69) is 78.6 Å². The second-order valence-electron chi connectivity index (χ2n) is 11.0. The third-order valence-corrected chi connectivity index (χ3v) is 9.47. The minimum absolute atomic E-state index is 0. The molecule has 4 heteroatoms. The molecule has 37 heavy (non-hydrogen) atoms. The molecule has 0 spiro atoms. The molecule has 4 unspecified atom stereocenters. The van der Waals surface area contributed by atoms with Crippen LogP contribution in [0.3, 0.4) is 0 Å². The van der Waals surface area contributed by atoms with Crippen molar-refractivity contribution in [1.29, 1.82) is 0 Å². The molecule has 4 aliphatic rings. The zero-order valence-corrected chi connectivity index (χ0v) is 22.5. The first-order valence-electron chi connectivity index (χ1n) is 13.8. The van der Waals surface area contributed by atoms with Crippen LogP contribution in [0.1, 0.15) is 48.4 Å². The Hall–Kier alpha value is -2.62. The largest absolute Gasteiger partial charge is 0.465 e. The predicted octanol–water partition coefficient (Wildman–Crippen LogP) is 6.42. The number of carbonyl (C=O) groups is 1. The zero-order valence-electron chi connectivity index (χ0n) is 21.7. The summed E-state index contributed by atoms with van der Waals surface area (Å²) in [5.41, 5.74) is 5.86. The number of nitrogens with zero attached hydrogens (tertiary/aromatic N) is 1. The third kappa shape index (κ3) is 4.73. The van der Waals surface area contributed by atoms with Gasteiger partial charge in [0.15, 0.2) is 0 Å². The summed E-state index contributed by atoms with van der Waals surface area (Å²) in [7, 11) is 0. The maximum Gasteiger partial charge on any atom is 0.310 e. The Morgan fingerprint density at radius 1 is 0.892 bits per heavy atom. The molecule has 0 amide bonds. The molecule has 194 valence electrons. The molecule has 1 saturated carbocycles. The quantitative estimate of drug-likeness (QED) is 0.324. The fraction of sp³-hybridized carbons (Fsp3) is 0.424. The summed E-state index contributed by atoms with van der Waals surface area (Å²) in [4.78, 5) is 16.2. The van der Waals surface area contributed by atoms with E-state index in [1.54, 1.807) is 5.56 Å². The first-order chi connectivity index (χ1) is 17.7. The van der Waals surface area contributed by atoms with Gasteiger partial charge in [-0.05, 0) is 60.3 Å². The van der Waals surface area contributed by atoms with E-state index in [0.717, 1.165) is 45.1 Å². The van der Waals surface area contributed by atoms with E-state index in [1.807, 2.05) is 18.2 Å². The van der Waals surface area contributed by atoms with Crippen molar-refractivity contribution in [2.24, 2.45) is 11.8 Å². The smallest absolute Gasteiger partial charge is 0.310 e. The number of fused-ring (bicyclic) bond motifs is 2. The molecule has 3 fully saturated rings. The molecule has 7 rings (SSSR count). The Kier molecular flexibility index (Phi) is 7.74. The lowest BCUT2D eigenvalue weighted by atomic mass is 9.48. The summed E-state index contributed by atoms with van der Waals surface area (Å²) < 4.78 is 5.94. The van der Waals surface area contributed by atoms with Crippen LogP contribution in [0.25, 0.3) is 0 Å². The number of carbonyl (C=O) groups excluding carboxylic acids is 1. The number of hydrogen-bond acceptors (Lipinski definition) is 3. The molecule has 2 heterocycles. The standard InChI is InChI=1S/C33H37NO2.ClH/c1-2-33-23-31-27(32(35)36-20-18-25-13-7-4-8-14-25)22-29(33)30(21-26-15-9-10-16-28(26)33)34(31)19-17-24-11-5-3-6-12-24;/h3-16,27,29-31H,2,17-23H2,1H3;1H/t27?,29?,30?,31?,33-;/m1./s1. The zero-order chi connectivity index (χ0) is 24.5. The van der Waals surface area contributed by atoms with Gasteiger partial charge in [-0.2, -0.15) is 0 Å². The van der Waals surface area contributed by atoms with Crippen LogP contribution in [-0.2, 0) is 34.2 Å². The second kappa shape index (κ2) is 11.0. The average Bonchev–Trinajstić information content (AvgIpc) is 2.93. The van der Waals surface area contributed by atoms with Crippen LogP contribution in [-0.4, -0.2) is 36.1 Å². The van der Waals surface area contributed by atoms with Crippen molar-refractivity contribution in [3.8, 4) is 0 Å². The number of esters is 1. The van der Waals surface area contributed by atoms with E-state index in [9.17, 15) is 4.79 Å². The molecular formula is C33H38ClNO2. The van der Waals surface area contributed by atoms with Crippen molar-refractivity contribution in [1.82, 2.24) is 4.90 Å². The number of hydrogen-bond donors (Lipinski definition) is 0. The van der Waals surface area contributed by atoms with Crippen LogP contribution in [0.5, 0.6) is 0 Å². The molecule has 3 aromatic carbocycles. The Balaban J connectivity index is 0.00000280. The first-order valence-corrected chi connectivity index (χ1v) is 13.8. The van der Waals surface area contributed by atoms with Gasteiger partial charge in [-0.25, -0.2) is 0 Å². The Bertz CT molecular complexity index is 1200. The Morgan fingerprint density at radius 2 is 1.54 bits per heavy atom. The Labute approximate surface area is 227 Å². The molecule has 2 saturated heterocycles. The minimum atomic E-state index is -0.0252. The van der Waals surface area contributed by atoms with Crippen molar-refractivity contribution in [3.63, 3.8) is 0 Å². The lowest BCUT2D eigenvalue weighted by Gasteiger charge is -2.65. The van der Waals surface area contributed by atoms with Gasteiger partial charge in [0.05, 0.1) is 12.5 Å². The highest BCUT2D eigenvalue weighted by Crippen LogP contribution is 2.59. The van der Waals surface area contributed by atoms with Gasteiger partial charge in [-0.1, -0.05) is 91.9 Å². The van der Waals surface area contributed by atoms with E-state index in [4.69, 9.17) is 4.74 Å². The maximum absolute atomic E-state index is 13.5. The van der Waals surface area contributed by atoms with E-state index < -0.39 is 0 Å². The van der Waals surface area contributed by atoms with Crippen molar-refractivity contribution < 1.29 is 9.53 Å². The molecule has 2 aliphatic carbocycles. The normalized spacial score (nSPS) is 27.7. The second-order valence-corrected chi connectivity index (χ2v) is 11.0.